The summed E-state index contributed by atoms with van der Waals surface area (Å²) in [4.78, 5) is 36.0. The first-order valence-corrected chi connectivity index (χ1v) is 9.57. The SMILES string of the molecule is CCOC(=O)c1ccc(NC(=O)COC(=O)CCSc2ccc(F)cc2)cc1. The molecule has 0 heterocycles. The highest BCUT2D eigenvalue weighted by Gasteiger charge is 2.10. The number of esters is 2. The van der Waals surface area contributed by atoms with Gasteiger partial charge in [-0.3, -0.25) is 9.59 Å². The minimum Gasteiger partial charge on any atom is -0.462 e. The lowest BCUT2D eigenvalue weighted by Gasteiger charge is -2.07. The van der Waals surface area contributed by atoms with E-state index in [2.05, 4.69) is 5.32 Å². The van der Waals surface area contributed by atoms with Gasteiger partial charge in [0.2, 0.25) is 0 Å². The number of hydrogen-bond acceptors (Lipinski definition) is 6. The predicted octanol–water partition coefficient (Wildman–Crippen LogP) is 3.67. The van der Waals surface area contributed by atoms with Crippen molar-refractivity contribution in [2.45, 2.75) is 18.2 Å². The third-order valence-electron chi connectivity index (χ3n) is 3.43. The molecule has 0 saturated carbocycles. The van der Waals surface area contributed by atoms with Crippen LogP contribution >= 0.6 is 11.8 Å². The molecule has 0 aliphatic rings. The van der Waals surface area contributed by atoms with E-state index in [0.717, 1.165) is 4.90 Å². The quantitative estimate of drug-likeness (QED) is 0.506. The summed E-state index contributed by atoms with van der Waals surface area (Å²) in [6.45, 7) is 1.60. The largest absolute Gasteiger partial charge is 0.462 e. The fraction of sp³-hybridized carbons (Fsp3) is 0.250. The van der Waals surface area contributed by atoms with E-state index in [9.17, 15) is 18.8 Å². The third-order valence-corrected chi connectivity index (χ3v) is 4.45. The molecule has 0 radical (unpaired) electrons. The maximum atomic E-state index is 12.8. The molecule has 2 rings (SSSR count). The molecule has 0 unspecified atom stereocenters. The molecule has 8 heteroatoms. The summed E-state index contributed by atoms with van der Waals surface area (Å²) in [5.74, 6) is -1.27. The van der Waals surface area contributed by atoms with Gasteiger partial charge >= 0.3 is 11.9 Å². The smallest absolute Gasteiger partial charge is 0.338 e. The number of carbonyl (C=O) groups excluding carboxylic acids is 3. The highest BCUT2D eigenvalue weighted by atomic mass is 32.2. The summed E-state index contributed by atoms with van der Waals surface area (Å²) >= 11 is 1.40. The number of nitrogens with one attached hydrogen (secondary N) is 1. The zero-order chi connectivity index (χ0) is 20.4. The number of hydrogen-bond donors (Lipinski definition) is 1. The van der Waals surface area contributed by atoms with Crippen LogP contribution in [-0.4, -0.2) is 36.8 Å². The Morgan fingerprint density at radius 3 is 2.32 bits per heavy atom. The van der Waals surface area contributed by atoms with Gasteiger partial charge in [-0.2, -0.15) is 0 Å². The Balaban J connectivity index is 1.67. The third kappa shape index (κ3) is 7.40. The number of rotatable bonds is 9. The van der Waals surface area contributed by atoms with E-state index in [1.807, 2.05) is 0 Å². The van der Waals surface area contributed by atoms with E-state index in [1.54, 1.807) is 31.2 Å². The molecule has 0 aliphatic heterocycles. The van der Waals surface area contributed by atoms with E-state index in [0.29, 0.717) is 17.0 Å². The minimum absolute atomic E-state index is 0.129. The molecule has 0 spiro atoms. The number of anilines is 1. The van der Waals surface area contributed by atoms with Crippen molar-refractivity contribution < 1.29 is 28.2 Å². The van der Waals surface area contributed by atoms with Gasteiger partial charge in [0.25, 0.3) is 5.91 Å². The molecular weight excluding hydrogens is 385 g/mol. The number of benzene rings is 2. The Morgan fingerprint density at radius 1 is 1.00 bits per heavy atom. The van der Waals surface area contributed by atoms with Crippen LogP contribution in [0.4, 0.5) is 10.1 Å². The zero-order valence-corrected chi connectivity index (χ0v) is 16.1. The molecule has 0 aliphatic carbocycles. The lowest BCUT2D eigenvalue weighted by Crippen LogP contribution is -2.21. The minimum atomic E-state index is -0.498. The second-order valence-corrected chi connectivity index (χ2v) is 6.73. The monoisotopic (exact) mass is 405 g/mol. The summed E-state index contributed by atoms with van der Waals surface area (Å²) in [5.41, 5.74) is 0.853. The van der Waals surface area contributed by atoms with Crippen molar-refractivity contribution in [2.24, 2.45) is 0 Å². The molecule has 2 aromatic rings. The molecule has 2 aromatic carbocycles. The van der Waals surface area contributed by atoms with Gasteiger partial charge in [-0.15, -0.1) is 11.8 Å². The van der Waals surface area contributed by atoms with Gasteiger partial charge in [0.1, 0.15) is 5.82 Å². The fourth-order valence-corrected chi connectivity index (χ4v) is 2.94. The summed E-state index contributed by atoms with van der Waals surface area (Å²) < 4.78 is 22.6. The highest BCUT2D eigenvalue weighted by Crippen LogP contribution is 2.19. The zero-order valence-electron chi connectivity index (χ0n) is 15.3. The summed E-state index contributed by atoms with van der Waals surface area (Å²) in [5, 5.41) is 2.57. The maximum Gasteiger partial charge on any atom is 0.338 e. The molecule has 148 valence electrons. The van der Waals surface area contributed by atoms with Crippen LogP contribution in [0.25, 0.3) is 0 Å². The van der Waals surface area contributed by atoms with Crippen molar-refractivity contribution in [1.82, 2.24) is 0 Å². The van der Waals surface area contributed by atoms with Gasteiger partial charge in [0.15, 0.2) is 6.61 Å². The van der Waals surface area contributed by atoms with Crippen molar-refractivity contribution in [1.29, 1.82) is 0 Å². The van der Waals surface area contributed by atoms with Crippen LogP contribution in [0, 0.1) is 5.82 Å². The first kappa shape index (κ1) is 21.4. The number of amides is 1. The van der Waals surface area contributed by atoms with Crippen molar-refractivity contribution in [3.8, 4) is 0 Å². The molecule has 28 heavy (non-hydrogen) atoms. The van der Waals surface area contributed by atoms with E-state index in [1.165, 1.54) is 36.0 Å². The van der Waals surface area contributed by atoms with Crippen LogP contribution < -0.4 is 5.32 Å². The van der Waals surface area contributed by atoms with E-state index >= 15 is 0 Å². The first-order chi connectivity index (χ1) is 13.5. The Labute approximate surface area is 166 Å². The number of halogens is 1. The first-order valence-electron chi connectivity index (χ1n) is 8.59. The van der Waals surface area contributed by atoms with Crippen LogP contribution in [0.1, 0.15) is 23.7 Å². The summed E-state index contributed by atoms with van der Waals surface area (Å²) in [6.07, 6.45) is 0.129. The van der Waals surface area contributed by atoms with Crippen LogP contribution in [0.5, 0.6) is 0 Å². The Bertz CT molecular complexity index is 808. The molecule has 0 bridgehead atoms. The van der Waals surface area contributed by atoms with Gasteiger partial charge in [-0.05, 0) is 55.5 Å². The Kier molecular flexibility index (Phi) is 8.48. The van der Waals surface area contributed by atoms with Gasteiger partial charge in [-0.1, -0.05) is 0 Å². The second-order valence-electron chi connectivity index (χ2n) is 5.56. The average molecular weight is 405 g/mol. The van der Waals surface area contributed by atoms with Crippen LogP contribution in [0.2, 0.25) is 0 Å². The van der Waals surface area contributed by atoms with Gasteiger partial charge in [0.05, 0.1) is 18.6 Å². The molecule has 0 fully saturated rings. The van der Waals surface area contributed by atoms with Gasteiger partial charge in [0, 0.05) is 16.3 Å². The topological polar surface area (TPSA) is 81.7 Å². The molecule has 0 atom stereocenters. The van der Waals surface area contributed by atoms with E-state index in [-0.39, 0.29) is 18.8 Å². The van der Waals surface area contributed by atoms with Crippen molar-refractivity contribution in [3.05, 3.63) is 59.9 Å². The van der Waals surface area contributed by atoms with Gasteiger partial charge < -0.3 is 14.8 Å². The van der Waals surface area contributed by atoms with Crippen LogP contribution in [0.3, 0.4) is 0 Å². The number of carbonyl (C=O) groups is 3. The average Bonchev–Trinajstić information content (AvgIpc) is 2.69. The summed E-state index contributed by atoms with van der Waals surface area (Å²) in [7, 11) is 0. The molecular formula is C20H20FNO5S. The van der Waals surface area contributed by atoms with E-state index < -0.39 is 24.5 Å². The molecule has 1 amide bonds. The molecule has 6 nitrogen and oxygen atoms in total. The fourth-order valence-electron chi connectivity index (χ4n) is 2.10. The van der Waals surface area contributed by atoms with Crippen molar-refractivity contribution in [2.75, 3.05) is 24.3 Å². The standard InChI is InChI=1S/C20H20FNO5S/c1-2-26-20(25)14-3-7-16(8-4-14)22-18(23)13-27-19(24)11-12-28-17-9-5-15(21)6-10-17/h3-10H,2,11-13H2,1H3,(H,22,23). The van der Waals surface area contributed by atoms with Gasteiger partial charge in [-0.25, -0.2) is 9.18 Å². The second kappa shape index (κ2) is 11.1. The predicted molar refractivity (Wildman–Crippen MR) is 104 cm³/mol. The normalized spacial score (nSPS) is 10.2. The number of thioether (sulfide) groups is 1. The highest BCUT2D eigenvalue weighted by molar-refractivity contribution is 7.99. The maximum absolute atomic E-state index is 12.8. The van der Waals surface area contributed by atoms with E-state index in [4.69, 9.17) is 9.47 Å². The Morgan fingerprint density at radius 2 is 1.68 bits per heavy atom. The molecule has 1 N–H and O–H groups in total. The van der Waals surface area contributed by atoms with Crippen molar-refractivity contribution >= 4 is 35.3 Å². The molecule has 0 aromatic heterocycles. The van der Waals surface area contributed by atoms with Crippen LogP contribution in [-0.2, 0) is 19.1 Å². The van der Waals surface area contributed by atoms with Crippen LogP contribution in [0.15, 0.2) is 53.4 Å². The summed E-state index contributed by atoms with van der Waals surface area (Å²) in [6, 6.07) is 12.2. The Hall–Kier alpha value is -2.87. The lowest BCUT2D eigenvalue weighted by atomic mass is 10.2. The number of ether oxygens (including phenoxy) is 2. The lowest BCUT2D eigenvalue weighted by molar-refractivity contribution is -0.146. The molecule has 0 saturated heterocycles. The van der Waals surface area contributed by atoms with Crippen molar-refractivity contribution in [3.63, 3.8) is 0 Å².